The van der Waals surface area contributed by atoms with Crippen LogP contribution in [0.25, 0.3) is 0 Å². The molecule has 0 aliphatic heterocycles. The van der Waals surface area contributed by atoms with Gasteiger partial charge in [0, 0.05) is 6.84 Å². The Morgan fingerprint density at radius 1 is 1.38 bits per heavy atom. The quantitative estimate of drug-likeness (QED) is 0.673. The fourth-order valence-electron chi connectivity index (χ4n) is 0.630. The molecular weight excluding hydrogens is 170 g/mol. The molecule has 0 rings (SSSR count). The van der Waals surface area contributed by atoms with Crippen LogP contribution >= 0.6 is 0 Å². The molecule has 0 aliphatic carbocycles. The number of esters is 1. The van der Waals surface area contributed by atoms with Crippen LogP contribution in [0.4, 0.5) is 0 Å². The van der Waals surface area contributed by atoms with E-state index in [-0.39, 0.29) is 13.9 Å². The van der Waals surface area contributed by atoms with Gasteiger partial charge in [-0.25, -0.2) is 0 Å². The highest BCUT2D eigenvalue weighted by Gasteiger charge is 2.21. The lowest BCUT2D eigenvalue weighted by molar-refractivity contribution is -0.144. The maximum Gasteiger partial charge on any atom is 0.325 e. The molecule has 4 heteroatoms. The Hall–Kier alpha value is -1.06. The maximum atomic E-state index is 11.3. The fourth-order valence-corrected chi connectivity index (χ4v) is 0.630. The first-order chi connectivity index (χ1) is 5.88. The Morgan fingerprint density at radius 2 is 1.92 bits per heavy atom. The standard InChI is InChI=1S/C9H17NO3.H2/c1-5-13-7(11)6-10-8(12)9(2,3)4;/h5-6H2,1-4H3,(H,10,12);1H. The number of nitrogens with one attached hydrogen (secondary N) is 1. The van der Waals surface area contributed by atoms with Crippen LogP contribution in [0.3, 0.4) is 0 Å². The van der Waals surface area contributed by atoms with Crippen LogP contribution in [-0.4, -0.2) is 25.0 Å². The van der Waals surface area contributed by atoms with Crippen LogP contribution < -0.4 is 5.32 Å². The second-order valence-electron chi connectivity index (χ2n) is 3.74. The summed E-state index contributed by atoms with van der Waals surface area (Å²) >= 11 is 0. The Labute approximate surface area is 80.1 Å². The molecule has 0 saturated carbocycles. The first-order valence-electron chi connectivity index (χ1n) is 4.32. The average molecular weight is 189 g/mol. The molecule has 0 aliphatic rings. The molecule has 1 N–H and O–H groups in total. The van der Waals surface area contributed by atoms with Crippen LogP contribution in [0.1, 0.15) is 29.1 Å². The Bertz CT molecular complexity index is 199. The summed E-state index contributed by atoms with van der Waals surface area (Å²) in [5.41, 5.74) is -0.466. The van der Waals surface area contributed by atoms with Crippen molar-refractivity contribution in [1.29, 1.82) is 0 Å². The van der Waals surface area contributed by atoms with Crippen LogP contribution in [0, 0.1) is 5.41 Å². The zero-order valence-electron chi connectivity index (χ0n) is 8.64. The van der Waals surface area contributed by atoms with E-state index in [1.54, 1.807) is 27.7 Å². The molecule has 0 fully saturated rings. The first-order valence-corrected chi connectivity index (χ1v) is 4.32. The highest BCUT2D eigenvalue weighted by atomic mass is 16.5. The third-order valence-electron chi connectivity index (χ3n) is 1.38. The van der Waals surface area contributed by atoms with Gasteiger partial charge >= 0.3 is 5.97 Å². The van der Waals surface area contributed by atoms with Crippen molar-refractivity contribution in [3.63, 3.8) is 0 Å². The molecule has 0 spiro atoms. The van der Waals surface area contributed by atoms with Gasteiger partial charge in [0.15, 0.2) is 0 Å². The number of amides is 1. The summed E-state index contributed by atoms with van der Waals surface area (Å²) in [6.07, 6.45) is 0. The molecule has 78 valence electrons. The van der Waals surface area contributed by atoms with Crippen molar-refractivity contribution < 1.29 is 15.8 Å². The lowest BCUT2D eigenvalue weighted by Gasteiger charge is -2.16. The van der Waals surface area contributed by atoms with Crippen molar-refractivity contribution in [2.45, 2.75) is 27.7 Å². The number of rotatable bonds is 3. The van der Waals surface area contributed by atoms with Crippen molar-refractivity contribution >= 4 is 11.9 Å². The average Bonchev–Trinajstić information content (AvgIpc) is 1.99. The normalized spacial score (nSPS) is 10.8. The molecule has 0 aromatic carbocycles. The summed E-state index contributed by atoms with van der Waals surface area (Å²) in [7, 11) is 0. The monoisotopic (exact) mass is 189 g/mol. The predicted molar refractivity (Wildman–Crippen MR) is 51.2 cm³/mol. The fraction of sp³-hybridized carbons (Fsp3) is 0.778. The van der Waals surface area contributed by atoms with E-state index in [9.17, 15) is 9.59 Å². The number of ether oxygens (including phenoxy) is 1. The zero-order chi connectivity index (χ0) is 10.5. The minimum atomic E-state index is -0.466. The number of hydrogen-bond acceptors (Lipinski definition) is 3. The lowest BCUT2D eigenvalue weighted by Crippen LogP contribution is -2.38. The molecule has 13 heavy (non-hydrogen) atoms. The van der Waals surface area contributed by atoms with E-state index in [4.69, 9.17) is 0 Å². The predicted octanol–water partition coefficient (Wildman–Crippen LogP) is 0.958. The molecule has 0 radical (unpaired) electrons. The molecular formula is C9H19NO3. The van der Waals surface area contributed by atoms with Crippen LogP contribution in [-0.2, 0) is 14.3 Å². The smallest absolute Gasteiger partial charge is 0.325 e. The SMILES string of the molecule is CCOC(=O)CNC(=O)C(C)(C)C.[HH]. The van der Waals surface area contributed by atoms with E-state index in [2.05, 4.69) is 10.1 Å². The van der Waals surface area contributed by atoms with Gasteiger partial charge in [0.05, 0.1) is 6.61 Å². The van der Waals surface area contributed by atoms with E-state index in [1.807, 2.05) is 0 Å². The van der Waals surface area contributed by atoms with E-state index < -0.39 is 11.4 Å². The molecule has 0 unspecified atom stereocenters. The molecule has 0 aromatic heterocycles. The van der Waals surface area contributed by atoms with Crippen molar-refractivity contribution in [2.24, 2.45) is 5.41 Å². The largest absolute Gasteiger partial charge is 0.465 e. The van der Waals surface area contributed by atoms with Gasteiger partial charge in [-0.3, -0.25) is 9.59 Å². The van der Waals surface area contributed by atoms with E-state index in [1.165, 1.54) is 0 Å². The summed E-state index contributed by atoms with van der Waals surface area (Å²) in [4.78, 5) is 22.1. The summed E-state index contributed by atoms with van der Waals surface area (Å²) in [5, 5.41) is 2.49. The van der Waals surface area contributed by atoms with Crippen LogP contribution in [0.5, 0.6) is 0 Å². The van der Waals surface area contributed by atoms with Gasteiger partial charge in [0.2, 0.25) is 5.91 Å². The molecule has 0 aromatic rings. The van der Waals surface area contributed by atoms with Gasteiger partial charge < -0.3 is 10.1 Å². The number of carbonyl (C=O) groups is 2. The van der Waals surface area contributed by atoms with Gasteiger partial charge in [-0.2, -0.15) is 0 Å². The van der Waals surface area contributed by atoms with Crippen molar-refractivity contribution in [1.82, 2.24) is 5.32 Å². The van der Waals surface area contributed by atoms with E-state index >= 15 is 0 Å². The van der Waals surface area contributed by atoms with Crippen molar-refractivity contribution in [3.05, 3.63) is 0 Å². The Kier molecular flexibility index (Phi) is 4.45. The highest BCUT2D eigenvalue weighted by Crippen LogP contribution is 2.11. The molecule has 0 heterocycles. The zero-order valence-corrected chi connectivity index (χ0v) is 8.64. The van der Waals surface area contributed by atoms with Gasteiger partial charge in [-0.1, -0.05) is 20.8 Å². The van der Waals surface area contributed by atoms with Gasteiger partial charge in [-0.15, -0.1) is 0 Å². The van der Waals surface area contributed by atoms with Crippen LogP contribution in [0.2, 0.25) is 0 Å². The molecule has 0 bridgehead atoms. The van der Waals surface area contributed by atoms with Crippen molar-refractivity contribution in [2.75, 3.05) is 13.2 Å². The number of hydrogen-bond donors (Lipinski definition) is 1. The van der Waals surface area contributed by atoms with E-state index in [0.717, 1.165) is 0 Å². The Balaban J connectivity index is 0. The minimum absolute atomic E-state index is 0. The third-order valence-corrected chi connectivity index (χ3v) is 1.38. The molecule has 1 amide bonds. The topological polar surface area (TPSA) is 55.4 Å². The number of carbonyl (C=O) groups excluding carboxylic acids is 2. The Morgan fingerprint density at radius 3 is 2.31 bits per heavy atom. The van der Waals surface area contributed by atoms with Crippen molar-refractivity contribution in [3.8, 4) is 0 Å². The third kappa shape index (κ3) is 5.22. The maximum absolute atomic E-state index is 11.3. The second kappa shape index (κ2) is 4.84. The molecule has 0 atom stereocenters. The van der Waals surface area contributed by atoms with E-state index in [0.29, 0.717) is 6.61 Å². The second-order valence-corrected chi connectivity index (χ2v) is 3.74. The highest BCUT2D eigenvalue weighted by molar-refractivity contribution is 5.85. The summed E-state index contributed by atoms with van der Waals surface area (Å²) in [5.74, 6) is -0.555. The lowest BCUT2D eigenvalue weighted by atomic mass is 9.96. The summed E-state index contributed by atoms with van der Waals surface area (Å²) in [6, 6.07) is 0. The van der Waals surface area contributed by atoms with Gasteiger partial charge in [-0.05, 0) is 6.92 Å². The molecule has 0 saturated heterocycles. The molecule has 4 nitrogen and oxygen atoms in total. The summed E-state index contributed by atoms with van der Waals surface area (Å²) < 4.78 is 4.65. The first kappa shape index (κ1) is 11.9. The van der Waals surface area contributed by atoms with Gasteiger partial charge in [0.1, 0.15) is 6.54 Å². The minimum Gasteiger partial charge on any atom is -0.465 e. The van der Waals surface area contributed by atoms with Gasteiger partial charge in [0.25, 0.3) is 0 Å². The van der Waals surface area contributed by atoms with Crippen LogP contribution in [0.15, 0.2) is 0 Å². The summed E-state index contributed by atoms with van der Waals surface area (Å²) in [6.45, 7) is 7.37.